The number of methoxy groups -OCH3 is 1. The van der Waals surface area contributed by atoms with E-state index in [2.05, 4.69) is 17.2 Å². The maximum atomic E-state index is 12.5. The van der Waals surface area contributed by atoms with Crippen molar-refractivity contribution in [3.8, 4) is 0 Å². The number of likely N-dealkylation sites (tertiary alicyclic amines) is 1. The van der Waals surface area contributed by atoms with Crippen LogP contribution in [0.1, 0.15) is 35.9 Å². The topological polar surface area (TPSA) is 80.5 Å². The molecule has 3 N–H and O–H groups in total. The van der Waals surface area contributed by atoms with Crippen molar-refractivity contribution in [3.63, 3.8) is 0 Å². The van der Waals surface area contributed by atoms with Crippen LogP contribution in [0.15, 0.2) is 0 Å². The van der Waals surface area contributed by atoms with Gasteiger partial charge in [0.1, 0.15) is 10.7 Å². The first kappa shape index (κ1) is 16.0. The highest BCUT2D eigenvalue weighted by molar-refractivity contribution is 7.18. The maximum Gasteiger partial charge on any atom is 0.267 e. The van der Waals surface area contributed by atoms with Gasteiger partial charge in [-0.1, -0.05) is 18.3 Å². The molecule has 1 aliphatic rings. The molecule has 1 aromatic heterocycles. The lowest BCUT2D eigenvalue weighted by molar-refractivity contribution is 0.0618. The van der Waals surface area contributed by atoms with Gasteiger partial charge in [0.2, 0.25) is 0 Å². The number of carbonyl (C=O) groups excluding carboxylic acids is 1. The largest absolute Gasteiger partial charge is 0.384 e. The summed E-state index contributed by atoms with van der Waals surface area (Å²) in [6.45, 7) is 5.23. The molecule has 1 fully saturated rings. The highest BCUT2D eigenvalue weighted by atomic mass is 32.1. The van der Waals surface area contributed by atoms with E-state index in [-0.39, 0.29) is 5.91 Å². The van der Waals surface area contributed by atoms with Gasteiger partial charge in [0, 0.05) is 33.4 Å². The summed E-state index contributed by atoms with van der Waals surface area (Å²) in [6, 6.07) is 0. The van der Waals surface area contributed by atoms with Gasteiger partial charge in [-0.3, -0.25) is 4.79 Å². The number of nitrogens with one attached hydrogen (secondary N) is 1. The molecule has 0 radical (unpaired) electrons. The van der Waals surface area contributed by atoms with Gasteiger partial charge >= 0.3 is 0 Å². The molecule has 1 aliphatic heterocycles. The highest BCUT2D eigenvalue weighted by Gasteiger charge is 2.26. The van der Waals surface area contributed by atoms with Crippen LogP contribution in [0.25, 0.3) is 0 Å². The summed E-state index contributed by atoms with van der Waals surface area (Å²) in [5.74, 6) is 0.896. The van der Waals surface area contributed by atoms with Gasteiger partial charge in [0.15, 0.2) is 5.13 Å². The minimum absolute atomic E-state index is 0.00501. The average Bonchev–Trinajstić information content (AvgIpc) is 2.86. The second-order valence-corrected chi connectivity index (χ2v) is 6.35. The molecule has 2 rings (SSSR count). The van der Waals surface area contributed by atoms with Gasteiger partial charge in [0.25, 0.3) is 5.91 Å². The standard InChI is InChI=1S/C14H24N4O2S/c1-3-6-16-14-17-12(15)11(21-14)13(19)18-7-4-10(5-8-18)9-20-2/h10H,3-9,15H2,1-2H3,(H,16,17). The van der Waals surface area contributed by atoms with Gasteiger partial charge in [-0.05, 0) is 25.2 Å². The molecule has 2 heterocycles. The van der Waals surface area contributed by atoms with Gasteiger partial charge < -0.3 is 20.7 Å². The molecular weight excluding hydrogens is 288 g/mol. The second kappa shape index (κ2) is 7.61. The number of carbonyl (C=O) groups is 1. The second-order valence-electron chi connectivity index (χ2n) is 5.35. The number of thiazole rings is 1. The Labute approximate surface area is 129 Å². The molecule has 0 atom stereocenters. The van der Waals surface area contributed by atoms with E-state index in [4.69, 9.17) is 10.5 Å². The Bertz CT molecular complexity index is 470. The summed E-state index contributed by atoms with van der Waals surface area (Å²) >= 11 is 1.35. The lowest BCUT2D eigenvalue weighted by Gasteiger charge is -2.31. The number of rotatable bonds is 6. The van der Waals surface area contributed by atoms with Gasteiger partial charge in [-0.15, -0.1) is 0 Å². The summed E-state index contributed by atoms with van der Waals surface area (Å²) < 4.78 is 5.18. The van der Waals surface area contributed by atoms with Crippen LogP contribution in [0.2, 0.25) is 0 Å². The number of piperidine rings is 1. The third-order valence-corrected chi connectivity index (χ3v) is 4.69. The molecule has 6 nitrogen and oxygen atoms in total. The number of hydrogen-bond acceptors (Lipinski definition) is 6. The molecule has 0 spiro atoms. The lowest BCUT2D eigenvalue weighted by atomic mass is 9.98. The predicted octanol–water partition coefficient (Wildman–Crippen LogP) is 2.05. The maximum absolute atomic E-state index is 12.5. The zero-order chi connectivity index (χ0) is 15.2. The first-order chi connectivity index (χ1) is 10.2. The summed E-state index contributed by atoms with van der Waals surface area (Å²) in [7, 11) is 1.72. The number of nitrogens with two attached hydrogens (primary N) is 1. The molecule has 0 aromatic carbocycles. The van der Waals surface area contributed by atoms with E-state index in [9.17, 15) is 4.79 Å². The van der Waals surface area contributed by atoms with Crippen molar-refractivity contribution in [1.82, 2.24) is 9.88 Å². The van der Waals surface area contributed by atoms with E-state index < -0.39 is 0 Å². The Kier molecular flexibility index (Phi) is 5.81. The number of ether oxygens (including phenoxy) is 1. The van der Waals surface area contributed by atoms with Crippen molar-refractivity contribution in [1.29, 1.82) is 0 Å². The molecule has 1 saturated heterocycles. The first-order valence-electron chi connectivity index (χ1n) is 7.44. The van der Waals surface area contributed by atoms with Crippen LogP contribution in [-0.4, -0.2) is 49.1 Å². The summed E-state index contributed by atoms with van der Waals surface area (Å²) in [5.41, 5.74) is 5.89. The van der Waals surface area contributed by atoms with E-state index in [1.54, 1.807) is 7.11 Å². The van der Waals surface area contributed by atoms with E-state index >= 15 is 0 Å². The highest BCUT2D eigenvalue weighted by Crippen LogP contribution is 2.28. The number of anilines is 2. The van der Waals surface area contributed by atoms with E-state index in [0.29, 0.717) is 16.6 Å². The number of hydrogen-bond donors (Lipinski definition) is 2. The third-order valence-electron chi connectivity index (χ3n) is 3.68. The predicted molar refractivity (Wildman–Crippen MR) is 85.8 cm³/mol. The molecule has 7 heteroatoms. The van der Waals surface area contributed by atoms with Crippen molar-refractivity contribution in [3.05, 3.63) is 4.88 Å². The minimum atomic E-state index is 0.00501. The molecule has 1 amide bonds. The number of aromatic nitrogens is 1. The molecule has 21 heavy (non-hydrogen) atoms. The van der Waals surface area contributed by atoms with Crippen LogP contribution in [0, 0.1) is 5.92 Å². The first-order valence-corrected chi connectivity index (χ1v) is 8.25. The van der Waals surface area contributed by atoms with Crippen LogP contribution in [0.3, 0.4) is 0 Å². The minimum Gasteiger partial charge on any atom is -0.384 e. The fraction of sp³-hybridized carbons (Fsp3) is 0.714. The Morgan fingerprint density at radius 2 is 2.24 bits per heavy atom. The quantitative estimate of drug-likeness (QED) is 0.840. The zero-order valence-corrected chi connectivity index (χ0v) is 13.5. The zero-order valence-electron chi connectivity index (χ0n) is 12.7. The Morgan fingerprint density at radius 1 is 1.52 bits per heavy atom. The SMILES string of the molecule is CCCNc1nc(N)c(C(=O)N2CCC(COC)CC2)s1. The van der Waals surface area contributed by atoms with Crippen molar-refractivity contribution < 1.29 is 9.53 Å². The lowest BCUT2D eigenvalue weighted by Crippen LogP contribution is -2.39. The number of amides is 1. The van der Waals surface area contributed by atoms with Gasteiger partial charge in [0.05, 0.1) is 0 Å². The van der Waals surface area contributed by atoms with E-state index in [0.717, 1.165) is 50.6 Å². The Balaban J connectivity index is 1.95. The third kappa shape index (κ3) is 4.07. The smallest absolute Gasteiger partial charge is 0.267 e. The molecular formula is C14H24N4O2S. The van der Waals surface area contributed by atoms with Crippen molar-refractivity contribution in [2.45, 2.75) is 26.2 Å². The normalized spacial score (nSPS) is 16.2. The van der Waals surface area contributed by atoms with Crippen molar-refractivity contribution in [2.75, 3.05) is 44.4 Å². The molecule has 0 aliphatic carbocycles. The number of nitrogen functional groups attached to an aromatic ring is 1. The van der Waals surface area contributed by atoms with E-state index in [1.165, 1.54) is 11.3 Å². The fourth-order valence-corrected chi connectivity index (χ4v) is 3.35. The summed E-state index contributed by atoms with van der Waals surface area (Å²) in [4.78, 5) is 19.2. The monoisotopic (exact) mass is 312 g/mol. The molecule has 1 aromatic rings. The van der Waals surface area contributed by atoms with Crippen LogP contribution < -0.4 is 11.1 Å². The fourth-order valence-electron chi connectivity index (χ4n) is 2.47. The molecule has 0 bridgehead atoms. The van der Waals surface area contributed by atoms with E-state index in [1.807, 2.05) is 4.90 Å². The molecule has 0 unspecified atom stereocenters. The number of nitrogens with zero attached hydrogens (tertiary/aromatic N) is 2. The molecule has 0 saturated carbocycles. The summed E-state index contributed by atoms with van der Waals surface area (Å²) in [5, 5.41) is 3.91. The van der Waals surface area contributed by atoms with Gasteiger partial charge in [-0.25, -0.2) is 4.98 Å². The van der Waals surface area contributed by atoms with Crippen molar-refractivity contribution in [2.24, 2.45) is 5.92 Å². The van der Waals surface area contributed by atoms with Crippen LogP contribution in [-0.2, 0) is 4.74 Å². The Hall–Kier alpha value is -1.34. The summed E-state index contributed by atoms with van der Waals surface area (Å²) in [6.07, 6.45) is 2.98. The van der Waals surface area contributed by atoms with Gasteiger partial charge in [-0.2, -0.15) is 0 Å². The van der Waals surface area contributed by atoms with Crippen molar-refractivity contribution >= 4 is 28.2 Å². The Morgan fingerprint density at radius 3 is 2.86 bits per heavy atom. The average molecular weight is 312 g/mol. The van der Waals surface area contributed by atoms with Crippen LogP contribution in [0.4, 0.5) is 10.9 Å². The van der Waals surface area contributed by atoms with Crippen LogP contribution >= 0.6 is 11.3 Å². The van der Waals surface area contributed by atoms with Crippen LogP contribution in [0.5, 0.6) is 0 Å². The molecule has 118 valence electrons.